The molecule has 13 heteroatoms. The Morgan fingerprint density at radius 1 is 1.00 bits per heavy atom. The number of halogens is 3. The van der Waals surface area contributed by atoms with E-state index in [1.165, 1.54) is 0 Å². The van der Waals surface area contributed by atoms with E-state index in [1.54, 1.807) is 19.2 Å². The lowest BCUT2D eigenvalue weighted by molar-refractivity contribution is -0.286. The highest BCUT2D eigenvalue weighted by Crippen LogP contribution is 2.37. The van der Waals surface area contributed by atoms with Crippen LogP contribution in [0.1, 0.15) is 52.4 Å². The Hall–Kier alpha value is -1.22. The quantitative estimate of drug-likeness (QED) is 0.201. The van der Waals surface area contributed by atoms with Gasteiger partial charge in [-0.2, -0.15) is 21.6 Å². The van der Waals surface area contributed by atoms with E-state index in [-0.39, 0.29) is 12.5 Å². The van der Waals surface area contributed by atoms with E-state index in [2.05, 4.69) is 4.18 Å². The summed E-state index contributed by atoms with van der Waals surface area (Å²) >= 11 is 0. The first-order valence-electron chi connectivity index (χ1n) is 13.1. The summed E-state index contributed by atoms with van der Waals surface area (Å²) in [7, 11) is -6.43. The summed E-state index contributed by atoms with van der Waals surface area (Å²) in [5.74, 6) is 0.754. The van der Waals surface area contributed by atoms with Gasteiger partial charge in [0.2, 0.25) is 0 Å². The van der Waals surface area contributed by atoms with E-state index < -0.39 is 61.3 Å². The third kappa shape index (κ3) is 7.49. The molecule has 0 aliphatic carbocycles. The number of rotatable bonds is 10. The lowest BCUT2D eigenvalue weighted by atomic mass is 9.90. The summed E-state index contributed by atoms with van der Waals surface area (Å²) in [6, 6.07) is 9.73. The van der Waals surface area contributed by atoms with Crippen LogP contribution >= 0.6 is 0 Å². The van der Waals surface area contributed by atoms with Crippen molar-refractivity contribution in [2.45, 2.75) is 94.9 Å². The van der Waals surface area contributed by atoms with E-state index in [4.69, 9.17) is 23.4 Å². The van der Waals surface area contributed by atoms with Crippen molar-refractivity contribution in [1.29, 1.82) is 0 Å². The molecule has 8 nitrogen and oxygen atoms in total. The summed E-state index contributed by atoms with van der Waals surface area (Å²) in [5, 5.41) is 0. The Kier molecular flexibility index (Phi) is 10.7. The van der Waals surface area contributed by atoms with Crippen LogP contribution in [0.2, 0.25) is 18.1 Å². The lowest BCUT2D eigenvalue weighted by Gasteiger charge is -2.45. The highest BCUT2D eigenvalue weighted by Gasteiger charge is 2.49. The van der Waals surface area contributed by atoms with Crippen LogP contribution in [0.5, 0.6) is 5.75 Å². The normalized spacial score (nSPS) is 29.3. The number of hydrogen-bond acceptors (Lipinski definition) is 8. The number of fused-ring (bicyclic) bond motifs is 1. The number of ether oxygens (including phenoxy) is 4. The molecule has 0 amide bonds. The lowest BCUT2D eigenvalue weighted by Crippen LogP contribution is -2.53. The third-order valence-electron chi connectivity index (χ3n) is 7.55. The van der Waals surface area contributed by atoms with Crippen LogP contribution in [0.4, 0.5) is 13.2 Å². The Morgan fingerprint density at radius 3 is 2.18 bits per heavy atom. The van der Waals surface area contributed by atoms with Crippen LogP contribution < -0.4 is 4.74 Å². The highest BCUT2D eigenvalue weighted by molar-refractivity contribution is 7.87. The Bertz CT molecular complexity index is 979. The zero-order chi connectivity index (χ0) is 28.1. The van der Waals surface area contributed by atoms with Crippen molar-refractivity contribution in [3.63, 3.8) is 0 Å². The molecule has 2 aliphatic heterocycles. The van der Waals surface area contributed by atoms with Gasteiger partial charge in [-0.05, 0) is 49.0 Å². The van der Waals surface area contributed by atoms with Crippen LogP contribution in [-0.4, -0.2) is 67.0 Å². The van der Waals surface area contributed by atoms with Gasteiger partial charge in [0.25, 0.3) is 0 Å². The molecule has 0 radical (unpaired) electrons. The summed E-state index contributed by atoms with van der Waals surface area (Å²) in [4.78, 5) is 0. The highest BCUT2D eigenvalue weighted by atomic mass is 32.2. The first-order chi connectivity index (χ1) is 17.9. The number of hydrogen-bond donors (Lipinski definition) is 0. The fourth-order valence-corrected chi connectivity index (χ4v) is 8.35. The molecule has 0 N–H and O–H groups in total. The minimum Gasteiger partial charge on any atom is -0.497 e. The maximum absolute atomic E-state index is 13.0. The molecule has 3 rings (SSSR count). The van der Waals surface area contributed by atoms with Crippen molar-refractivity contribution in [3.05, 3.63) is 29.8 Å². The smallest absolute Gasteiger partial charge is 0.497 e. The van der Waals surface area contributed by atoms with Gasteiger partial charge in [-0.15, -0.1) is 0 Å². The second-order valence-electron chi connectivity index (χ2n) is 9.99. The summed E-state index contributed by atoms with van der Waals surface area (Å²) in [6.07, 6.45) is -2.29. The Balaban J connectivity index is 1.84. The molecule has 0 aromatic heterocycles. The number of alkyl halides is 3. The standard InChI is InChI=1S/C25H39F3O8SSi/c1-6-38(7-2,8-3)36-21-14-17(4)13-20-22(34-23(21)16-33-37(29,30)25(26,27)28)15-32-24(35-20)18-9-11-19(31-5)12-10-18/h9-12,17,20-24H,6-8,13-16H2,1-5H3/t17-,20+,21-,22-,23+,24-/m1/s1. The molecule has 38 heavy (non-hydrogen) atoms. The summed E-state index contributed by atoms with van der Waals surface area (Å²) in [5.41, 5.74) is -4.74. The van der Waals surface area contributed by atoms with Crippen molar-refractivity contribution < 1.29 is 49.1 Å². The van der Waals surface area contributed by atoms with Gasteiger partial charge in [0.15, 0.2) is 14.6 Å². The molecule has 1 aromatic carbocycles. The van der Waals surface area contributed by atoms with Crippen LogP contribution in [-0.2, 0) is 32.9 Å². The molecule has 2 saturated heterocycles. The number of benzene rings is 1. The van der Waals surface area contributed by atoms with E-state index in [0.717, 1.165) is 23.7 Å². The molecule has 0 spiro atoms. The van der Waals surface area contributed by atoms with Gasteiger partial charge in [-0.3, -0.25) is 4.18 Å². The van der Waals surface area contributed by atoms with Crippen molar-refractivity contribution in [1.82, 2.24) is 0 Å². The second-order valence-corrected chi connectivity index (χ2v) is 16.3. The van der Waals surface area contributed by atoms with E-state index in [9.17, 15) is 21.6 Å². The predicted octanol–water partition coefficient (Wildman–Crippen LogP) is 5.55. The van der Waals surface area contributed by atoms with Gasteiger partial charge < -0.3 is 23.4 Å². The maximum atomic E-state index is 13.0. The molecular weight excluding hydrogens is 545 g/mol. The first kappa shape index (κ1) is 31.3. The fourth-order valence-electron chi connectivity index (χ4n) is 5.01. The minimum atomic E-state index is -5.79. The zero-order valence-electron chi connectivity index (χ0n) is 22.5. The van der Waals surface area contributed by atoms with Crippen molar-refractivity contribution in [2.75, 3.05) is 20.3 Å². The topological polar surface area (TPSA) is 89.5 Å². The van der Waals surface area contributed by atoms with Crippen LogP contribution in [0, 0.1) is 5.92 Å². The second kappa shape index (κ2) is 13.0. The average molecular weight is 585 g/mol. The third-order valence-corrected chi connectivity index (χ3v) is 13.2. The summed E-state index contributed by atoms with van der Waals surface area (Å²) in [6.45, 7) is 7.46. The molecule has 1 aromatic rings. The molecule has 0 unspecified atom stereocenters. The molecular formula is C25H39F3O8SSi. The molecule has 2 heterocycles. The van der Waals surface area contributed by atoms with Crippen LogP contribution in [0.15, 0.2) is 24.3 Å². The monoisotopic (exact) mass is 584 g/mol. The van der Waals surface area contributed by atoms with E-state index in [1.807, 2.05) is 39.8 Å². The van der Waals surface area contributed by atoms with E-state index >= 15 is 0 Å². The molecule has 2 aliphatic rings. The van der Waals surface area contributed by atoms with Gasteiger partial charge >= 0.3 is 15.6 Å². The maximum Gasteiger partial charge on any atom is 0.523 e. The molecule has 2 fully saturated rings. The zero-order valence-corrected chi connectivity index (χ0v) is 24.3. The largest absolute Gasteiger partial charge is 0.523 e. The number of methoxy groups -OCH3 is 1. The average Bonchev–Trinajstić information content (AvgIpc) is 2.88. The Morgan fingerprint density at radius 2 is 1.63 bits per heavy atom. The van der Waals surface area contributed by atoms with Crippen LogP contribution in [0.3, 0.4) is 0 Å². The van der Waals surface area contributed by atoms with Gasteiger partial charge in [-0.25, -0.2) is 0 Å². The van der Waals surface area contributed by atoms with E-state index in [0.29, 0.717) is 18.6 Å². The molecule has 218 valence electrons. The fraction of sp³-hybridized carbons (Fsp3) is 0.760. The Labute approximate surface area is 224 Å². The van der Waals surface area contributed by atoms with Crippen molar-refractivity contribution in [2.24, 2.45) is 5.92 Å². The first-order valence-corrected chi connectivity index (χ1v) is 17.0. The van der Waals surface area contributed by atoms with Crippen molar-refractivity contribution in [3.8, 4) is 5.75 Å². The predicted molar refractivity (Wildman–Crippen MR) is 137 cm³/mol. The molecule has 6 atom stereocenters. The SMILES string of the molecule is CC[Si](CC)(CC)O[C@@H]1C[C@H](C)C[C@@H]2O[C@H](c3ccc(OC)cc3)OC[C@H]2O[C@H]1COS(=O)(=O)C(F)(F)F. The van der Waals surface area contributed by atoms with Gasteiger partial charge in [0, 0.05) is 5.56 Å². The van der Waals surface area contributed by atoms with Gasteiger partial charge in [0.05, 0.1) is 32.5 Å². The van der Waals surface area contributed by atoms with Crippen LogP contribution in [0.25, 0.3) is 0 Å². The van der Waals surface area contributed by atoms with Crippen molar-refractivity contribution >= 4 is 18.4 Å². The van der Waals surface area contributed by atoms with Gasteiger partial charge in [0.1, 0.15) is 18.0 Å². The molecule has 0 saturated carbocycles. The molecule has 0 bridgehead atoms. The summed E-state index contributed by atoms with van der Waals surface area (Å²) < 4.78 is 97.2. The van der Waals surface area contributed by atoms with Gasteiger partial charge in [-0.1, -0.05) is 39.8 Å². The minimum absolute atomic E-state index is 0.0602.